The van der Waals surface area contributed by atoms with E-state index in [-0.39, 0.29) is 22.7 Å². The summed E-state index contributed by atoms with van der Waals surface area (Å²) >= 11 is 1.46. The Morgan fingerprint density at radius 3 is 2.57 bits per heavy atom. The van der Waals surface area contributed by atoms with Gasteiger partial charge in [0.2, 0.25) is 11.1 Å². The number of piperidine rings is 1. The van der Waals surface area contributed by atoms with Crippen molar-refractivity contribution >= 4 is 35.1 Å². The molecular weight excluding hydrogens is 464 g/mol. The van der Waals surface area contributed by atoms with E-state index < -0.39 is 5.91 Å². The van der Waals surface area contributed by atoms with Gasteiger partial charge in [-0.05, 0) is 82.5 Å². The minimum Gasteiger partial charge on any atom is -0.366 e. The van der Waals surface area contributed by atoms with Crippen LogP contribution in [0, 0.1) is 0 Å². The molecule has 0 saturated carbocycles. The molecule has 186 valence electrons. The summed E-state index contributed by atoms with van der Waals surface area (Å²) in [6.07, 6.45) is 5.16. The van der Waals surface area contributed by atoms with Gasteiger partial charge in [0.15, 0.2) is 0 Å². The van der Waals surface area contributed by atoms with Crippen LogP contribution in [0.1, 0.15) is 50.9 Å². The first kappa shape index (κ1) is 24.9. The molecule has 0 bridgehead atoms. The molecule has 12 heteroatoms. The molecule has 0 spiro atoms. The Balaban J connectivity index is 1.60. The summed E-state index contributed by atoms with van der Waals surface area (Å²) < 4.78 is 1.66. The highest BCUT2D eigenvalue weighted by Crippen LogP contribution is 2.38. The smallest absolute Gasteiger partial charge is 0.254 e. The van der Waals surface area contributed by atoms with Gasteiger partial charge in [0.1, 0.15) is 5.82 Å². The highest BCUT2D eigenvalue weighted by molar-refractivity contribution is 7.98. The highest BCUT2D eigenvalue weighted by atomic mass is 32.2. The molecule has 1 fully saturated rings. The lowest BCUT2D eigenvalue weighted by molar-refractivity contribution is -0.00772. The first-order chi connectivity index (χ1) is 16.5. The number of likely N-dealkylation sites (tertiary alicyclic amines) is 1. The van der Waals surface area contributed by atoms with Crippen LogP contribution in [0.25, 0.3) is 5.69 Å². The number of thioether (sulfide) groups is 1. The fourth-order valence-electron chi connectivity index (χ4n) is 4.71. The fraction of sp³-hybridized carbons (Fsp3) is 0.478. The number of nitrogens with one attached hydrogen (secondary N) is 2. The second kappa shape index (κ2) is 9.42. The molecule has 11 nitrogen and oxygen atoms in total. The maximum Gasteiger partial charge on any atom is 0.254 e. The zero-order valence-corrected chi connectivity index (χ0v) is 21.7. The van der Waals surface area contributed by atoms with Crippen molar-refractivity contribution in [3.8, 4) is 5.69 Å². The molecule has 4 rings (SSSR count). The molecule has 3 heterocycles. The van der Waals surface area contributed by atoms with E-state index in [0.717, 1.165) is 24.2 Å². The number of nitrogens with two attached hydrogens (primary N) is 1. The van der Waals surface area contributed by atoms with Crippen molar-refractivity contribution < 1.29 is 4.79 Å². The zero-order valence-electron chi connectivity index (χ0n) is 20.9. The van der Waals surface area contributed by atoms with E-state index in [1.165, 1.54) is 18.0 Å². The molecule has 0 unspecified atom stereocenters. The molecule has 3 aromatic rings. The third-order valence-corrected chi connectivity index (χ3v) is 7.29. The van der Waals surface area contributed by atoms with Crippen LogP contribution in [-0.2, 0) is 0 Å². The van der Waals surface area contributed by atoms with E-state index in [1.54, 1.807) is 4.68 Å². The van der Waals surface area contributed by atoms with Crippen molar-refractivity contribution in [2.75, 3.05) is 23.9 Å². The molecule has 1 saturated heterocycles. The lowest BCUT2D eigenvalue weighted by Gasteiger charge is -2.53. The van der Waals surface area contributed by atoms with E-state index in [9.17, 15) is 4.79 Å². The normalized spacial score (nSPS) is 17.8. The number of anilines is 3. The largest absolute Gasteiger partial charge is 0.366 e. The average molecular weight is 497 g/mol. The van der Waals surface area contributed by atoms with Gasteiger partial charge in [0.05, 0.1) is 11.3 Å². The molecular formula is C23H32N10OS. The summed E-state index contributed by atoms with van der Waals surface area (Å²) in [5, 5.41) is 19.2. The maximum absolute atomic E-state index is 12.1. The van der Waals surface area contributed by atoms with Crippen molar-refractivity contribution in [3.05, 3.63) is 36.0 Å². The second-order valence-electron chi connectivity index (χ2n) is 10.0. The Morgan fingerprint density at radius 1 is 1.20 bits per heavy atom. The van der Waals surface area contributed by atoms with E-state index in [1.807, 2.05) is 30.5 Å². The number of carbonyl (C=O) groups excluding carboxylic acids is 1. The number of hydrogen-bond acceptors (Lipinski definition) is 10. The Bertz CT molecular complexity index is 1210. The molecule has 35 heavy (non-hydrogen) atoms. The molecule has 1 aliphatic heterocycles. The van der Waals surface area contributed by atoms with E-state index in [2.05, 4.69) is 75.8 Å². The van der Waals surface area contributed by atoms with Crippen molar-refractivity contribution in [3.63, 3.8) is 0 Å². The number of benzene rings is 1. The van der Waals surface area contributed by atoms with Gasteiger partial charge in [-0.2, -0.15) is 9.67 Å². The number of tetrazole rings is 1. The Labute approximate surface area is 209 Å². The van der Waals surface area contributed by atoms with E-state index >= 15 is 0 Å². The lowest BCUT2D eigenvalue weighted by atomic mass is 9.77. The predicted molar refractivity (Wildman–Crippen MR) is 137 cm³/mol. The van der Waals surface area contributed by atoms with Crippen LogP contribution < -0.4 is 16.4 Å². The first-order valence-electron chi connectivity index (χ1n) is 11.4. The summed E-state index contributed by atoms with van der Waals surface area (Å²) in [6.45, 7) is 8.91. The zero-order chi connectivity index (χ0) is 25.4. The quantitative estimate of drug-likeness (QED) is 0.418. The molecule has 0 aliphatic carbocycles. The number of primary amides is 1. The Morgan fingerprint density at radius 2 is 1.91 bits per heavy atom. The minimum atomic E-state index is -0.573. The Kier molecular flexibility index (Phi) is 6.69. The minimum absolute atomic E-state index is 0.0211. The van der Waals surface area contributed by atoms with Crippen LogP contribution in [-0.4, -0.2) is 71.4 Å². The number of rotatable bonds is 7. The number of nitrogens with zero attached hydrogens (tertiary/aromatic N) is 7. The molecule has 4 N–H and O–H groups in total. The molecule has 2 aromatic heterocycles. The van der Waals surface area contributed by atoms with Gasteiger partial charge in [-0.1, -0.05) is 17.8 Å². The lowest BCUT2D eigenvalue weighted by Crippen LogP contribution is -2.61. The summed E-state index contributed by atoms with van der Waals surface area (Å²) in [6, 6.07) is 7.71. The number of aromatic nitrogens is 6. The molecule has 1 amide bonds. The van der Waals surface area contributed by atoms with Gasteiger partial charge in [-0.25, -0.2) is 4.98 Å². The maximum atomic E-state index is 12.1. The van der Waals surface area contributed by atoms with Gasteiger partial charge in [0.25, 0.3) is 5.91 Å². The van der Waals surface area contributed by atoms with Crippen LogP contribution in [0.4, 0.5) is 17.5 Å². The van der Waals surface area contributed by atoms with Gasteiger partial charge >= 0.3 is 0 Å². The van der Waals surface area contributed by atoms with E-state index in [4.69, 9.17) is 5.73 Å². The molecule has 1 aromatic carbocycles. The third-order valence-electron chi connectivity index (χ3n) is 6.67. The highest BCUT2D eigenvalue weighted by Gasteiger charge is 2.43. The average Bonchev–Trinajstić information content (AvgIpc) is 3.26. The predicted octanol–water partition coefficient (Wildman–Crippen LogP) is 3.08. The third kappa shape index (κ3) is 5.22. The number of amides is 1. The van der Waals surface area contributed by atoms with Gasteiger partial charge in [0, 0.05) is 29.0 Å². The summed E-state index contributed by atoms with van der Waals surface area (Å²) in [5.74, 6) is 0.205. The fourth-order valence-corrected chi connectivity index (χ4v) is 5.14. The van der Waals surface area contributed by atoms with Crippen LogP contribution >= 0.6 is 11.8 Å². The van der Waals surface area contributed by atoms with Crippen LogP contribution in [0.5, 0.6) is 0 Å². The van der Waals surface area contributed by atoms with Gasteiger partial charge in [-0.3, -0.25) is 9.69 Å². The monoisotopic (exact) mass is 496 g/mol. The van der Waals surface area contributed by atoms with E-state index in [0.29, 0.717) is 16.9 Å². The molecule has 1 aliphatic rings. The van der Waals surface area contributed by atoms with Crippen molar-refractivity contribution in [1.82, 2.24) is 35.1 Å². The first-order valence-corrected chi connectivity index (χ1v) is 12.6. The SMILES string of the molecule is CSc1nnnn1-c1cccc(Nc2ncc(C(N)=O)c(NC3CC(C)(C)N(C)C(C)(C)C3)n2)c1. The van der Waals surface area contributed by atoms with Crippen molar-refractivity contribution in [2.24, 2.45) is 5.73 Å². The van der Waals surface area contributed by atoms with Gasteiger partial charge < -0.3 is 16.4 Å². The van der Waals surface area contributed by atoms with Crippen molar-refractivity contribution in [1.29, 1.82) is 0 Å². The Hall–Kier alpha value is -3.25. The number of carbonyl (C=O) groups is 1. The van der Waals surface area contributed by atoms with Crippen LogP contribution in [0.2, 0.25) is 0 Å². The summed E-state index contributed by atoms with van der Waals surface area (Å²) in [4.78, 5) is 23.5. The standard InChI is InChI=1S/C23H32N10OS/c1-22(2)11-15(12-23(3,4)32(22)5)26-19-17(18(24)34)13-25-20(28-19)27-14-8-7-9-16(10-14)33-21(35-6)29-30-31-33/h7-10,13,15H,11-12H2,1-6H3,(H2,24,34)(H2,25,26,27,28). The van der Waals surface area contributed by atoms with Crippen LogP contribution in [0.3, 0.4) is 0 Å². The summed E-state index contributed by atoms with van der Waals surface area (Å²) in [7, 11) is 2.16. The molecule has 0 atom stereocenters. The van der Waals surface area contributed by atoms with Crippen molar-refractivity contribution in [2.45, 2.75) is 62.8 Å². The topological polar surface area (TPSA) is 140 Å². The summed E-state index contributed by atoms with van der Waals surface area (Å²) in [5.41, 5.74) is 7.41. The molecule has 0 radical (unpaired) electrons. The second-order valence-corrected chi connectivity index (χ2v) is 10.8. The number of hydrogen-bond donors (Lipinski definition) is 3. The van der Waals surface area contributed by atoms with Gasteiger partial charge in [-0.15, -0.1) is 5.10 Å². The van der Waals surface area contributed by atoms with Crippen LogP contribution in [0.15, 0.2) is 35.6 Å².